The van der Waals surface area contributed by atoms with Gasteiger partial charge in [-0.2, -0.15) is 0 Å². The first-order valence-electron chi connectivity index (χ1n) is 6.84. The van der Waals surface area contributed by atoms with Crippen molar-refractivity contribution in [1.29, 1.82) is 0 Å². The van der Waals surface area contributed by atoms with Crippen molar-refractivity contribution in [3.63, 3.8) is 0 Å². The van der Waals surface area contributed by atoms with E-state index in [-0.39, 0.29) is 11.9 Å². The van der Waals surface area contributed by atoms with Crippen molar-refractivity contribution in [2.45, 2.75) is 45.2 Å². The number of hydrogen-bond donors (Lipinski definition) is 2. The molecule has 5 nitrogen and oxygen atoms in total. The molecule has 110 valence electrons. The third-order valence-corrected chi connectivity index (χ3v) is 3.53. The van der Waals surface area contributed by atoms with Crippen molar-refractivity contribution in [2.24, 2.45) is 5.73 Å². The van der Waals surface area contributed by atoms with E-state index in [4.69, 9.17) is 15.2 Å². The molecule has 1 amide bonds. The molecule has 1 heterocycles. The minimum atomic E-state index is -0.686. The molecular formula is C15H22N2O3. The first kappa shape index (κ1) is 14.7. The van der Waals surface area contributed by atoms with Crippen LogP contribution in [-0.2, 0) is 11.2 Å². The summed E-state index contributed by atoms with van der Waals surface area (Å²) in [6, 6.07) is 6.18. The largest absolute Gasteiger partial charge is 0.454 e. The second kappa shape index (κ2) is 5.71. The van der Waals surface area contributed by atoms with Crippen molar-refractivity contribution in [1.82, 2.24) is 5.32 Å². The Labute approximate surface area is 119 Å². The highest BCUT2D eigenvalue weighted by atomic mass is 16.7. The zero-order valence-electron chi connectivity index (χ0n) is 12.2. The van der Waals surface area contributed by atoms with Gasteiger partial charge in [-0.25, -0.2) is 0 Å². The van der Waals surface area contributed by atoms with Crippen LogP contribution in [-0.4, -0.2) is 24.3 Å². The predicted octanol–water partition coefficient (Wildman–Crippen LogP) is 1.59. The van der Waals surface area contributed by atoms with Crippen LogP contribution in [0.25, 0.3) is 0 Å². The Morgan fingerprint density at radius 1 is 1.40 bits per heavy atom. The minimum Gasteiger partial charge on any atom is -0.454 e. The molecule has 0 radical (unpaired) electrons. The number of hydrogen-bond acceptors (Lipinski definition) is 4. The Balaban J connectivity index is 1.87. The highest BCUT2D eigenvalue weighted by Crippen LogP contribution is 2.32. The number of fused-ring (bicyclic) bond motifs is 1. The number of primary amides is 1. The molecular weight excluding hydrogens is 256 g/mol. The van der Waals surface area contributed by atoms with E-state index < -0.39 is 5.54 Å². The summed E-state index contributed by atoms with van der Waals surface area (Å²) >= 11 is 0. The van der Waals surface area contributed by atoms with Crippen molar-refractivity contribution in [2.75, 3.05) is 6.79 Å². The van der Waals surface area contributed by atoms with Gasteiger partial charge < -0.3 is 20.5 Å². The van der Waals surface area contributed by atoms with Crippen LogP contribution in [0, 0.1) is 0 Å². The summed E-state index contributed by atoms with van der Waals surface area (Å²) in [5, 5.41) is 3.25. The van der Waals surface area contributed by atoms with Crippen molar-refractivity contribution in [3.05, 3.63) is 23.8 Å². The number of carbonyl (C=O) groups excluding carboxylic acids is 1. The molecule has 1 aliphatic heterocycles. The maximum absolute atomic E-state index is 11.3. The van der Waals surface area contributed by atoms with Gasteiger partial charge in [-0.3, -0.25) is 4.79 Å². The molecule has 20 heavy (non-hydrogen) atoms. The number of ether oxygens (including phenoxy) is 2. The van der Waals surface area contributed by atoms with Crippen LogP contribution in [0.4, 0.5) is 0 Å². The van der Waals surface area contributed by atoms with Crippen LogP contribution in [0.5, 0.6) is 11.5 Å². The zero-order valence-corrected chi connectivity index (χ0v) is 12.2. The molecule has 1 atom stereocenters. The molecule has 0 aliphatic carbocycles. The topological polar surface area (TPSA) is 73.6 Å². The number of benzene rings is 1. The number of carbonyl (C=O) groups is 1. The lowest BCUT2D eigenvalue weighted by molar-refractivity contribution is -0.123. The van der Waals surface area contributed by atoms with E-state index in [2.05, 4.69) is 12.2 Å². The molecule has 1 aliphatic rings. The maximum Gasteiger partial charge on any atom is 0.237 e. The van der Waals surface area contributed by atoms with Gasteiger partial charge in [0.25, 0.3) is 0 Å². The second-order valence-electron chi connectivity index (χ2n) is 5.76. The van der Waals surface area contributed by atoms with Crippen molar-refractivity contribution < 1.29 is 14.3 Å². The first-order valence-corrected chi connectivity index (χ1v) is 6.84. The Bertz CT molecular complexity index is 500. The van der Waals surface area contributed by atoms with Crippen molar-refractivity contribution >= 4 is 5.91 Å². The van der Waals surface area contributed by atoms with E-state index in [0.29, 0.717) is 6.79 Å². The van der Waals surface area contributed by atoms with E-state index in [1.165, 1.54) is 5.56 Å². The Hall–Kier alpha value is -1.75. The molecule has 0 spiro atoms. The van der Waals surface area contributed by atoms with E-state index >= 15 is 0 Å². The summed E-state index contributed by atoms with van der Waals surface area (Å²) in [4.78, 5) is 11.3. The normalized spacial score (nSPS) is 15.2. The van der Waals surface area contributed by atoms with Crippen LogP contribution in [0.1, 0.15) is 32.8 Å². The number of nitrogens with one attached hydrogen (secondary N) is 1. The standard InChI is InChI=1S/C15H22N2O3/c1-10(17-15(2,3)14(16)18)4-5-11-6-7-12-13(8-11)20-9-19-12/h6-8,10,17H,4-5,9H2,1-3H3,(H2,16,18). The smallest absolute Gasteiger partial charge is 0.237 e. The minimum absolute atomic E-state index is 0.197. The predicted molar refractivity (Wildman–Crippen MR) is 76.8 cm³/mol. The summed E-state index contributed by atoms with van der Waals surface area (Å²) in [7, 11) is 0. The average Bonchev–Trinajstić information content (AvgIpc) is 2.82. The van der Waals surface area contributed by atoms with Gasteiger partial charge in [-0.15, -0.1) is 0 Å². The van der Waals surface area contributed by atoms with Gasteiger partial charge in [0.05, 0.1) is 5.54 Å². The lowest BCUT2D eigenvalue weighted by Crippen LogP contribution is -2.53. The molecule has 2 rings (SSSR count). The van der Waals surface area contributed by atoms with E-state index in [0.717, 1.165) is 24.3 Å². The third-order valence-electron chi connectivity index (χ3n) is 3.53. The summed E-state index contributed by atoms with van der Waals surface area (Å²) in [6.07, 6.45) is 1.82. The van der Waals surface area contributed by atoms with Crippen LogP contribution >= 0.6 is 0 Å². The fraction of sp³-hybridized carbons (Fsp3) is 0.533. The van der Waals surface area contributed by atoms with Gasteiger partial charge >= 0.3 is 0 Å². The van der Waals surface area contributed by atoms with Crippen molar-refractivity contribution in [3.8, 4) is 11.5 Å². The summed E-state index contributed by atoms with van der Waals surface area (Å²) < 4.78 is 10.6. The van der Waals surface area contributed by atoms with Crippen LogP contribution in [0.3, 0.4) is 0 Å². The molecule has 0 aromatic heterocycles. The van der Waals surface area contributed by atoms with E-state index in [1.54, 1.807) is 13.8 Å². The Kier molecular flexibility index (Phi) is 4.18. The van der Waals surface area contributed by atoms with Gasteiger partial charge in [-0.1, -0.05) is 6.07 Å². The molecule has 1 aromatic rings. The van der Waals surface area contributed by atoms with Gasteiger partial charge in [-0.05, 0) is 51.3 Å². The SMILES string of the molecule is CC(CCc1ccc2c(c1)OCO2)NC(C)(C)C(N)=O. The second-order valence-corrected chi connectivity index (χ2v) is 5.76. The molecule has 1 unspecified atom stereocenters. The lowest BCUT2D eigenvalue weighted by atomic mass is 10.0. The Morgan fingerprint density at radius 2 is 2.10 bits per heavy atom. The monoisotopic (exact) mass is 278 g/mol. The number of aryl methyl sites for hydroxylation is 1. The zero-order chi connectivity index (χ0) is 14.8. The molecule has 1 aromatic carbocycles. The number of amides is 1. The van der Waals surface area contributed by atoms with Gasteiger partial charge in [0, 0.05) is 6.04 Å². The first-order chi connectivity index (χ1) is 9.38. The Morgan fingerprint density at radius 3 is 2.80 bits per heavy atom. The van der Waals surface area contributed by atoms with E-state index in [1.807, 2.05) is 18.2 Å². The quantitative estimate of drug-likeness (QED) is 0.828. The lowest BCUT2D eigenvalue weighted by Gasteiger charge is -2.27. The van der Waals surface area contributed by atoms with Gasteiger partial charge in [0.15, 0.2) is 11.5 Å². The molecule has 3 N–H and O–H groups in total. The third kappa shape index (κ3) is 3.42. The number of rotatable bonds is 6. The fourth-order valence-electron chi connectivity index (χ4n) is 2.24. The summed E-state index contributed by atoms with van der Waals surface area (Å²) in [5.41, 5.74) is 5.86. The highest BCUT2D eigenvalue weighted by Gasteiger charge is 2.26. The molecule has 0 fully saturated rings. The van der Waals surface area contributed by atoms with E-state index in [9.17, 15) is 4.79 Å². The van der Waals surface area contributed by atoms with Gasteiger partial charge in [0.2, 0.25) is 12.7 Å². The molecule has 0 bridgehead atoms. The molecule has 5 heteroatoms. The number of nitrogens with two attached hydrogens (primary N) is 1. The summed E-state index contributed by atoms with van der Waals surface area (Å²) in [6.45, 7) is 5.94. The van der Waals surface area contributed by atoms with Crippen LogP contribution in [0.15, 0.2) is 18.2 Å². The fourth-order valence-corrected chi connectivity index (χ4v) is 2.24. The maximum atomic E-state index is 11.3. The molecule has 0 saturated carbocycles. The van der Waals surface area contributed by atoms with Crippen LogP contribution < -0.4 is 20.5 Å². The highest BCUT2D eigenvalue weighted by molar-refractivity contribution is 5.83. The average molecular weight is 278 g/mol. The molecule has 0 saturated heterocycles. The summed E-state index contributed by atoms with van der Waals surface area (Å²) in [5.74, 6) is 1.27. The van der Waals surface area contributed by atoms with Crippen LogP contribution in [0.2, 0.25) is 0 Å². The van der Waals surface area contributed by atoms with Gasteiger partial charge in [0.1, 0.15) is 0 Å².